The van der Waals surface area contributed by atoms with Crippen LogP contribution in [-0.4, -0.2) is 28.2 Å². The number of phenols is 2. The third-order valence-corrected chi connectivity index (χ3v) is 9.30. The second-order valence-corrected chi connectivity index (χ2v) is 9.69. The maximum Gasteiger partial charge on any atom is 0.161 e. The lowest BCUT2D eigenvalue weighted by Crippen LogP contribution is -2.63. The largest absolute Gasteiger partial charge is 0.504 e. The van der Waals surface area contributed by atoms with Crippen LogP contribution < -0.4 is 5.73 Å². The van der Waals surface area contributed by atoms with Crippen molar-refractivity contribution in [3.05, 3.63) is 23.3 Å². The summed E-state index contributed by atoms with van der Waals surface area (Å²) in [5, 5.41) is 20.2. The number of fused-ring (bicyclic) bond motifs is 1. The van der Waals surface area contributed by atoms with Gasteiger partial charge in [0.1, 0.15) is 0 Å². The predicted octanol–water partition coefficient (Wildman–Crippen LogP) is 4.06. The van der Waals surface area contributed by atoms with Crippen molar-refractivity contribution in [3.63, 3.8) is 0 Å². The van der Waals surface area contributed by atoms with E-state index in [0.29, 0.717) is 36.2 Å². The minimum atomic E-state index is -0.0311. The molecule has 7 unspecified atom stereocenters. The first-order chi connectivity index (χ1) is 12.0. The lowest BCUT2D eigenvalue weighted by Gasteiger charge is -2.65. The van der Waals surface area contributed by atoms with Gasteiger partial charge in [-0.05, 0) is 68.0 Å². The molecule has 4 bridgehead atoms. The van der Waals surface area contributed by atoms with Gasteiger partial charge in [0.05, 0.1) is 12.7 Å². The molecule has 4 nitrogen and oxygen atoms in total. The maximum absolute atomic E-state index is 10.3. The Hall–Kier alpha value is -0.300. The van der Waals surface area contributed by atoms with Gasteiger partial charge >= 0.3 is 0 Å². The molecule has 0 spiro atoms. The SMILES string of the molecule is Br.NCC12CC3CC(CC(C3)C1C1OCCc3c1ccc(O)c3O)C2Br. The van der Waals surface area contributed by atoms with Gasteiger partial charge in [0.2, 0.25) is 0 Å². The van der Waals surface area contributed by atoms with Crippen LogP contribution in [-0.2, 0) is 11.2 Å². The van der Waals surface area contributed by atoms with Crippen LogP contribution in [0.25, 0.3) is 0 Å². The Morgan fingerprint density at radius 1 is 1.19 bits per heavy atom. The zero-order valence-electron chi connectivity index (χ0n) is 14.7. The van der Waals surface area contributed by atoms with Crippen molar-refractivity contribution in [2.24, 2.45) is 34.8 Å². The van der Waals surface area contributed by atoms with Crippen LogP contribution in [0.3, 0.4) is 0 Å². The van der Waals surface area contributed by atoms with Gasteiger partial charge in [-0.1, -0.05) is 22.0 Å². The van der Waals surface area contributed by atoms with E-state index in [-0.39, 0.29) is 40.0 Å². The fraction of sp³-hybridized carbons (Fsp3) is 0.700. The molecule has 26 heavy (non-hydrogen) atoms. The summed E-state index contributed by atoms with van der Waals surface area (Å²) < 4.78 is 6.33. The minimum Gasteiger partial charge on any atom is -0.504 e. The monoisotopic (exact) mass is 487 g/mol. The van der Waals surface area contributed by atoms with E-state index >= 15 is 0 Å². The first-order valence-electron chi connectivity index (χ1n) is 9.54. The normalized spacial score (nSPS) is 43.0. The van der Waals surface area contributed by atoms with Crippen molar-refractivity contribution in [2.75, 3.05) is 13.2 Å². The molecule has 1 aromatic carbocycles. The molecule has 6 rings (SSSR count). The van der Waals surface area contributed by atoms with E-state index in [1.165, 1.54) is 25.7 Å². The predicted molar refractivity (Wildman–Crippen MR) is 109 cm³/mol. The lowest BCUT2D eigenvalue weighted by molar-refractivity contribution is -0.159. The van der Waals surface area contributed by atoms with Crippen LogP contribution in [0.2, 0.25) is 0 Å². The van der Waals surface area contributed by atoms with E-state index in [9.17, 15) is 10.2 Å². The van der Waals surface area contributed by atoms with Gasteiger partial charge in [-0.25, -0.2) is 0 Å². The third kappa shape index (κ3) is 2.44. The van der Waals surface area contributed by atoms with Crippen LogP contribution in [0.15, 0.2) is 12.1 Å². The van der Waals surface area contributed by atoms with E-state index in [0.717, 1.165) is 23.0 Å². The average molecular weight is 489 g/mol. The lowest BCUT2D eigenvalue weighted by atomic mass is 9.43. The van der Waals surface area contributed by atoms with Crippen LogP contribution in [0.1, 0.15) is 42.9 Å². The van der Waals surface area contributed by atoms with E-state index in [1.54, 1.807) is 6.07 Å². The Labute approximate surface area is 173 Å². The fourth-order valence-corrected chi connectivity index (χ4v) is 7.98. The van der Waals surface area contributed by atoms with Crippen LogP contribution >= 0.6 is 32.9 Å². The summed E-state index contributed by atoms with van der Waals surface area (Å²) in [4.78, 5) is 0.461. The summed E-state index contributed by atoms with van der Waals surface area (Å²) >= 11 is 4.05. The molecule has 1 aromatic rings. The zero-order chi connectivity index (χ0) is 17.3. The van der Waals surface area contributed by atoms with E-state index in [2.05, 4.69) is 15.9 Å². The molecule has 4 N–H and O–H groups in total. The summed E-state index contributed by atoms with van der Waals surface area (Å²) in [6.07, 6.45) is 5.72. The number of rotatable bonds is 2. The molecule has 0 radical (unpaired) electrons. The molecule has 0 aromatic heterocycles. The quantitative estimate of drug-likeness (QED) is 0.433. The van der Waals surface area contributed by atoms with Gasteiger partial charge in [-0.2, -0.15) is 0 Å². The molecular weight excluding hydrogens is 462 g/mol. The Kier molecular flexibility index (Phi) is 4.86. The van der Waals surface area contributed by atoms with E-state index in [4.69, 9.17) is 10.5 Å². The highest BCUT2D eigenvalue weighted by Crippen LogP contribution is 2.67. The molecule has 144 valence electrons. The van der Waals surface area contributed by atoms with E-state index in [1.807, 2.05) is 6.07 Å². The third-order valence-electron chi connectivity index (χ3n) is 7.64. The Morgan fingerprint density at radius 2 is 1.96 bits per heavy atom. The first kappa shape index (κ1) is 19.0. The molecule has 1 aliphatic heterocycles. The number of halogens is 2. The summed E-state index contributed by atoms with van der Waals surface area (Å²) in [5.41, 5.74) is 8.42. The van der Waals surface area contributed by atoms with Gasteiger partial charge in [-0.15, -0.1) is 17.0 Å². The minimum absolute atomic E-state index is 0. The fourth-order valence-electron chi connectivity index (χ4n) is 6.87. The smallest absolute Gasteiger partial charge is 0.161 e. The molecule has 6 heteroatoms. The Balaban J connectivity index is 0.00000168. The molecule has 1 heterocycles. The molecule has 7 atom stereocenters. The van der Waals surface area contributed by atoms with Crippen molar-refractivity contribution in [3.8, 4) is 11.5 Å². The number of aromatic hydroxyl groups is 2. The zero-order valence-corrected chi connectivity index (χ0v) is 18.0. The van der Waals surface area contributed by atoms with Crippen molar-refractivity contribution in [1.82, 2.24) is 0 Å². The number of ether oxygens (including phenoxy) is 1. The highest BCUT2D eigenvalue weighted by atomic mass is 79.9. The number of phenolic OH excluding ortho intramolecular Hbond substituents is 2. The van der Waals surface area contributed by atoms with Crippen LogP contribution in [0, 0.1) is 29.1 Å². The van der Waals surface area contributed by atoms with Gasteiger partial charge in [0.25, 0.3) is 0 Å². The van der Waals surface area contributed by atoms with Crippen LogP contribution in [0.5, 0.6) is 11.5 Å². The van der Waals surface area contributed by atoms with Gasteiger partial charge in [-0.3, -0.25) is 0 Å². The molecule has 4 saturated carbocycles. The summed E-state index contributed by atoms with van der Waals surface area (Å²) in [5.74, 6) is 2.60. The summed E-state index contributed by atoms with van der Waals surface area (Å²) in [7, 11) is 0. The number of benzene rings is 1. The highest BCUT2D eigenvalue weighted by molar-refractivity contribution is 9.09. The Bertz CT molecular complexity index is 715. The van der Waals surface area contributed by atoms with Gasteiger partial charge < -0.3 is 20.7 Å². The first-order valence-corrected chi connectivity index (χ1v) is 10.5. The Morgan fingerprint density at radius 3 is 2.73 bits per heavy atom. The molecule has 4 fully saturated rings. The molecule has 0 saturated heterocycles. The molecular formula is C20H27Br2NO3. The standard InChI is InChI=1S/C20H26BrNO3.BrH/c21-19-12-6-10-5-11(7-12)16(20(19,8-10)9-22)18-14-1-2-15(23)17(24)13(14)3-4-25-18;/h1-2,10-12,16,18-19,23-24H,3-9,22H2;1H. The number of hydrogen-bond acceptors (Lipinski definition) is 4. The molecule has 5 aliphatic rings. The number of hydrogen-bond donors (Lipinski definition) is 3. The second kappa shape index (κ2) is 6.64. The van der Waals surface area contributed by atoms with Crippen molar-refractivity contribution >= 4 is 32.9 Å². The average Bonchev–Trinajstić information content (AvgIpc) is 2.62. The maximum atomic E-state index is 10.3. The summed E-state index contributed by atoms with van der Waals surface area (Å²) in [6, 6.07) is 3.55. The molecule has 0 amide bonds. The van der Waals surface area contributed by atoms with E-state index < -0.39 is 0 Å². The summed E-state index contributed by atoms with van der Waals surface area (Å²) in [6.45, 7) is 1.29. The number of alkyl halides is 1. The molecule has 4 aliphatic carbocycles. The van der Waals surface area contributed by atoms with Crippen molar-refractivity contribution in [2.45, 2.75) is 43.0 Å². The van der Waals surface area contributed by atoms with Crippen molar-refractivity contribution < 1.29 is 14.9 Å². The topological polar surface area (TPSA) is 75.7 Å². The van der Waals surface area contributed by atoms with Gasteiger partial charge in [0, 0.05) is 21.7 Å². The van der Waals surface area contributed by atoms with Crippen LogP contribution in [0.4, 0.5) is 0 Å². The number of nitrogens with two attached hydrogens (primary N) is 1. The highest BCUT2D eigenvalue weighted by Gasteiger charge is 2.63. The second-order valence-electron chi connectivity index (χ2n) is 8.70. The van der Waals surface area contributed by atoms with Gasteiger partial charge in [0.15, 0.2) is 11.5 Å². The van der Waals surface area contributed by atoms with Crippen molar-refractivity contribution in [1.29, 1.82) is 0 Å².